The van der Waals surface area contributed by atoms with Gasteiger partial charge in [0.05, 0.1) is 6.04 Å². The quantitative estimate of drug-likeness (QED) is 0.818. The summed E-state index contributed by atoms with van der Waals surface area (Å²) in [5.41, 5.74) is 0.0970. The van der Waals surface area contributed by atoms with Crippen LogP contribution in [0.3, 0.4) is 0 Å². The molecule has 0 aromatic heterocycles. The van der Waals surface area contributed by atoms with Crippen LogP contribution in [0.25, 0.3) is 0 Å². The molecule has 1 aliphatic rings. The molecular formula is C16H18F5N3O2. The third-order valence-electron chi connectivity index (χ3n) is 4.13. The van der Waals surface area contributed by atoms with E-state index in [1.807, 2.05) is 0 Å². The fourth-order valence-corrected chi connectivity index (χ4v) is 2.63. The number of halogens is 5. The Morgan fingerprint density at radius 1 is 1.12 bits per heavy atom. The predicted molar refractivity (Wildman–Crippen MR) is 83.3 cm³/mol. The molecule has 1 saturated heterocycles. The minimum Gasteiger partial charge on any atom is -0.340 e. The summed E-state index contributed by atoms with van der Waals surface area (Å²) < 4.78 is 62.9. The fourth-order valence-electron chi connectivity index (χ4n) is 2.63. The van der Waals surface area contributed by atoms with E-state index in [1.54, 1.807) is 11.8 Å². The number of piperazine rings is 1. The number of nitrogens with zero attached hydrogens (tertiary/aromatic N) is 2. The van der Waals surface area contributed by atoms with Crippen molar-refractivity contribution in [2.24, 2.45) is 0 Å². The number of hydrogen-bond acceptors (Lipinski definition) is 3. The van der Waals surface area contributed by atoms with Crippen molar-refractivity contribution in [1.29, 1.82) is 0 Å². The molecule has 10 heteroatoms. The highest BCUT2D eigenvalue weighted by Gasteiger charge is 2.35. The zero-order chi connectivity index (χ0) is 19.5. The maximum atomic E-state index is 13.2. The lowest BCUT2D eigenvalue weighted by atomic mass is 10.2. The molecule has 1 aromatic rings. The highest BCUT2D eigenvalue weighted by Crippen LogP contribution is 2.21. The molecular weight excluding hydrogens is 361 g/mol. The third kappa shape index (κ3) is 5.38. The monoisotopic (exact) mass is 379 g/mol. The first-order valence-electron chi connectivity index (χ1n) is 7.91. The van der Waals surface area contributed by atoms with Crippen LogP contribution in [0.2, 0.25) is 0 Å². The van der Waals surface area contributed by atoms with Gasteiger partial charge >= 0.3 is 6.18 Å². The Bertz CT molecular complexity index is 672. The van der Waals surface area contributed by atoms with Crippen molar-refractivity contribution in [2.75, 3.05) is 31.5 Å². The summed E-state index contributed by atoms with van der Waals surface area (Å²) in [5.74, 6) is -3.58. The number of alkyl halides is 3. The Morgan fingerprint density at radius 3 is 2.27 bits per heavy atom. The largest absolute Gasteiger partial charge is 0.397 e. The summed E-state index contributed by atoms with van der Waals surface area (Å²) in [6.45, 7) is 2.21. The van der Waals surface area contributed by atoms with Crippen LogP contribution in [-0.2, 0) is 9.59 Å². The molecule has 0 bridgehead atoms. The highest BCUT2D eigenvalue weighted by atomic mass is 19.4. The second kappa shape index (κ2) is 7.98. The molecule has 2 rings (SSSR count). The van der Waals surface area contributed by atoms with E-state index < -0.39 is 42.1 Å². The summed E-state index contributed by atoms with van der Waals surface area (Å²) in [4.78, 5) is 26.6. The molecule has 1 aliphatic heterocycles. The molecule has 1 unspecified atom stereocenters. The van der Waals surface area contributed by atoms with Crippen LogP contribution >= 0.6 is 0 Å². The number of carbonyl (C=O) groups is 2. The highest BCUT2D eigenvalue weighted by molar-refractivity contribution is 5.94. The molecule has 1 N–H and O–H groups in total. The van der Waals surface area contributed by atoms with Crippen LogP contribution in [0.4, 0.5) is 27.6 Å². The van der Waals surface area contributed by atoms with Crippen molar-refractivity contribution < 1.29 is 31.5 Å². The molecule has 1 aromatic carbocycles. The summed E-state index contributed by atoms with van der Waals surface area (Å²) in [6.07, 6.45) is -6.05. The van der Waals surface area contributed by atoms with Gasteiger partial charge in [0.1, 0.15) is 6.42 Å². The van der Waals surface area contributed by atoms with Crippen LogP contribution in [0.1, 0.15) is 13.3 Å². The van der Waals surface area contributed by atoms with E-state index in [0.29, 0.717) is 0 Å². The zero-order valence-corrected chi connectivity index (χ0v) is 13.9. The number of benzene rings is 1. The van der Waals surface area contributed by atoms with E-state index >= 15 is 0 Å². The smallest absolute Gasteiger partial charge is 0.340 e. The van der Waals surface area contributed by atoms with Gasteiger partial charge in [-0.2, -0.15) is 13.2 Å². The number of nitrogens with one attached hydrogen (secondary N) is 1. The lowest BCUT2D eigenvalue weighted by Crippen LogP contribution is -2.54. The van der Waals surface area contributed by atoms with Gasteiger partial charge in [0.25, 0.3) is 0 Å². The first-order valence-corrected chi connectivity index (χ1v) is 7.91. The summed E-state index contributed by atoms with van der Waals surface area (Å²) in [6, 6.07) is 2.31. The first kappa shape index (κ1) is 20.1. The average Bonchev–Trinajstić information content (AvgIpc) is 2.56. The number of carbonyl (C=O) groups excluding carboxylic acids is 2. The molecule has 1 fully saturated rings. The van der Waals surface area contributed by atoms with Crippen molar-refractivity contribution in [3.8, 4) is 0 Å². The third-order valence-corrected chi connectivity index (χ3v) is 4.13. The topological polar surface area (TPSA) is 52.7 Å². The Morgan fingerprint density at radius 2 is 1.73 bits per heavy atom. The molecule has 26 heavy (non-hydrogen) atoms. The zero-order valence-electron chi connectivity index (χ0n) is 13.9. The molecule has 2 amide bonds. The fraction of sp³-hybridized carbons (Fsp3) is 0.500. The van der Waals surface area contributed by atoms with Crippen molar-refractivity contribution in [3.05, 3.63) is 29.8 Å². The van der Waals surface area contributed by atoms with Crippen molar-refractivity contribution in [3.63, 3.8) is 0 Å². The maximum Gasteiger partial charge on any atom is 0.397 e. The van der Waals surface area contributed by atoms with E-state index in [2.05, 4.69) is 5.32 Å². The van der Waals surface area contributed by atoms with Crippen molar-refractivity contribution in [2.45, 2.75) is 25.6 Å². The minimum absolute atomic E-state index is 0.0811. The van der Waals surface area contributed by atoms with Gasteiger partial charge in [-0.15, -0.1) is 0 Å². The second-order valence-electron chi connectivity index (χ2n) is 6.00. The molecule has 1 atom stereocenters. The number of rotatable bonds is 4. The van der Waals surface area contributed by atoms with Gasteiger partial charge in [0.15, 0.2) is 11.6 Å². The Hall–Kier alpha value is -2.23. The van der Waals surface area contributed by atoms with Crippen molar-refractivity contribution >= 4 is 17.5 Å². The first-order chi connectivity index (χ1) is 12.1. The number of amides is 2. The van der Waals surface area contributed by atoms with Crippen LogP contribution < -0.4 is 5.32 Å². The lowest BCUT2D eigenvalue weighted by molar-refractivity contribution is -0.162. The van der Waals surface area contributed by atoms with Gasteiger partial charge in [-0.25, -0.2) is 8.78 Å². The molecule has 0 spiro atoms. The SMILES string of the molecule is CC(C(=O)Nc1ccc(F)c(F)c1)N1CCN(C(=O)CC(F)(F)F)CC1. The van der Waals surface area contributed by atoms with Crippen LogP contribution in [-0.4, -0.2) is 60.0 Å². The molecule has 0 radical (unpaired) electrons. The van der Waals surface area contributed by atoms with Gasteiger partial charge in [-0.05, 0) is 19.1 Å². The van der Waals surface area contributed by atoms with Gasteiger partial charge in [-0.1, -0.05) is 0 Å². The standard InChI is InChI=1S/C16H18F5N3O2/c1-10(15(26)22-11-2-3-12(17)13(18)8-11)23-4-6-24(7-5-23)14(25)9-16(19,20)21/h2-3,8,10H,4-7,9H2,1H3,(H,22,26). The summed E-state index contributed by atoms with van der Waals surface area (Å²) in [5, 5.41) is 2.46. The van der Waals surface area contributed by atoms with Crippen molar-refractivity contribution in [1.82, 2.24) is 9.80 Å². The predicted octanol–water partition coefficient (Wildman–Crippen LogP) is 2.39. The minimum atomic E-state index is -4.55. The van der Waals surface area contributed by atoms with Crippen LogP contribution in [0.15, 0.2) is 18.2 Å². The Labute approximate surface area is 146 Å². The molecule has 144 valence electrons. The molecule has 0 saturated carbocycles. The average molecular weight is 379 g/mol. The normalized spacial score (nSPS) is 17.1. The van der Waals surface area contributed by atoms with E-state index in [-0.39, 0.29) is 31.9 Å². The summed E-state index contributed by atoms with van der Waals surface area (Å²) in [7, 11) is 0. The number of anilines is 1. The van der Waals surface area contributed by atoms with E-state index in [0.717, 1.165) is 17.0 Å². The molecule has 1 heterocycles. The van der Waals surface area contributed by atoms with Crippen LogP contribution in [0, 0.1) is 11.6 Å². The van der Waals surface area contributed by atoms with Crippen LogP contribution in [0.5, 0.6) is 0 Å². The van der Waals surface area contributed by atoms with Gasteiger partial charge in [-0.3, -0.25) is 14.5 Å². The Kier molecular flexibility index (Phi) is 6.17. The second-order valence-corrected chi connectivity index (χ2v) is 6.00. The summed E-state index contributed by atoms with van der Waals surface area (Å²) >= 11 is 0. The number of hydrogen-bond donors (Lipinski definition) is 1. The Balaban J connectivity index is 1.87. The maximum absolute atomic E-state index is 13.2. The lowest BCUT2D eigenvalue weighted by Gasteiger charge is -2.37. The van der Waals surface area contributed by atoms with E-state index in [1.165, 1.54) is 6.07 Å². The van der Waals surface area contributed by atoms with Gasteiger partial charge in [0, 0.05) is 37.9 Å². The van der Waals surface area contributed by atoms with Gasteiger partial charge in [0.2, 0.25) is 11.8 Å². The molecule has 5 nitrogen and oxygen atoms in total. The molecule has 0 aliphatic carbocycles. The van der Waals surface area contributed by atoms with E-state index in [4.69, 9.17) is 0 Å². The van der Waals surface area contributed by atoms with E-state index in [9.17, 15) is 31.5 Å². The van der Waals surface area contributed by atoms with Gasteiger partial charge < -0.3 is 10.2 Å².